The molecule has 4 aromatic rings. The predicted octanol–water partition coefficient (Wildman–Crippen LogP) is 4.52. The van der Waals surface area contributed by atoms with E-state index in [1.807, 2.05) is 30.3 Å². The average Bonchev–Trinajstić information content (AvgIpc) is 3.14. The number of carbonyl (C=O) groups is 2. The summed E-state index contributed by atoms with van der Waals surface area (Å²) in [6, 6.07) is 22.8. The maximum absolute atomic E-state index is 12.3. The van der Waals surface area contributed by atoms with Crippen molar-refractivity contribution in [3.63, 3.8) is 0 Å². The van der Waals surface area contributed by atoms with E-state index in [0.717, 1.165) is 31.9 Å². The Morgan fingerprint density at radius 2 is 1.76 bits per heavy atom. The van der Waals surface area contributed by atoms with Crippen LogP contribution >= 0.6 is 11.3 Å². The van der Waals surface area contributed by atoms with Crippen LogP contribution in [0.2, 0.25) is 0 Å². The van der Waals surface area contributed by atoms with Crippen LogP contribution in [0.3, 0.4) is 0 Å². The molecule has 29 heavy (non-hydrogen) atoms. The third kappa shape index (κ3) is 4.50. The number of hydrogen-bond donors (Lipinski definition) is 2. The van der Waals surface area contributed by atoms with Gasteiger partial charge in [-0.3, -0.25) is 4.79 Å². The zero-order chi connectivity index (χ0) is 20.2. The third-order valence-electron chi connectivity index (χ3n) is 4.51. The van der Waals surface area contributed by atoms with Crippen molar-refractivity contribution in [2.75, 3.05) is 0 Å². The van der Waals surface area contributed by atoms with Gasteiger partial charge < -0.3 is 10.4 Å². The molecular formula is C23H18N2O3S. The molecule has 0 bridgehead atoms. The molecule has 0 fully saturated rings. The van der Waals surface area contributed by atoms with Gasteiger partial charge in [0.2, 0.25) is 5.91 Å². The van der Waals surface area contributed by atoms with E-state index in [-0.39, 0.29) is 24.4 Å². The summed E-state index contributed by atoms with van der Waals surface area (Å²) in [5, 5.41) is 12.6. The number of carboxylic acid groups (broad SMARTS) is 1. The first-order chi connectivity index (χ1) is 14.1. The molecule has 1 amide bonds. The van der Waals surface area contributed by atoms with Crippen LogP contribution in [0, 0.1) is 0 Å². The van der Waals surface area contributed by atoms with Crippen molar-refractivity contribution in [1.82, 2.24) is 10.3 Å². The molecule has 1 heterocycles. The number of rotatable bonds is 6. The van der Waals surface area contributed by atoms with Crippen molar-refractivity contribution in [2.24, 2.45) is 0 Å². The highest BCUT2D eigenvalue weighted by molar-refractivity contribution is 7.18. The lowest BCUT2D eigenvalue weighted by Gasteiger charge is -2.05. The van der Waals surface area contributed by atoms with Crippen LogP contribution in [0.25, 0.3) is 21.3 Å². The minimum absolute atomic E-state index is 0.145. The van der Waals surface area contributed by atoms with Gasteiger partial charge in [0.05, 0.1) is 22.2 Å². The van der Waals surface area contributed by atoms with E-state index >= 15 is 0 Å². The first-order valence-corrected chi connectivity index (χ1v) is 9.94. The van der Waals surface area contributed by atoms with Gasteiger partial charge in [-0.15, -0.1) is 11.3 Å². The molecular weight excluding hydrogens is 384 g/mol. The van der Waals surface area contributed by atoms with E-state index < -0.39 is 5.97 Å². The molecule has 6 heteroatoms. The van der Waals surface area contributed by atoms with Gasteiger partial charge in [0, 0.05) is 6.54 Å². The molecule has 4 rings (SSSR count). The van der Waals surface area contributed by atoms with Gasteiger partial charge >= 0.3 is 5.97 Å². The van der Waals surface area contributed by atoms with Gasteiger partial charge in [0.15, 0.2) is 0 Å². The standard InChI is InChI=1S/C23H18N2O3S/c26-21(24-14-15-5-4-8-18(11-15)23(27)28)13-22-25-19-12-17(9-10-20(19)29-22)16-6-2-1-3-7-16/h1-12H,13-14H2,(H,24,26)(H,27,28). The van der Waals surface area contributed by atoms with Crippen molar-refractivity contribution >= 4 is 33.4 Å². The van der Waals surface area contributed by atoms with E-state index in [9.17, 15) is 9.59 Å². The molecule has 0 aliphatic heterocycles. The number of fused-ring (bicyclic) bond motifs is 1. The second kappa shape index (κ2) is 8.24. The van der Waals surface area contributed by atoms with Crippen molar-refractivity contribution < 1.29 is 14.7 Å². The van der Waals surface area contributed by atoms with E-state index in [2.05, 4.69) is 28.5 Å². The predicted molar refractivity (Wildman–Crippen MR) is 114 cm³/mol. The molecule has 1 aromatic heterocycles. The van der Waals surface area contributed by atoms with E-state index in [1.165, 1.54) is 17.4 Å². The number of thiazole rings is 1. The SMILES string of the molecule is O=C(Cc1nc2cc(-c3ccccc3)ccc2s1)NCc1cccc(C(=O)O)c1. The summed E-state index contributed by atoms with van der Waals surface area (Å²) in [6.07, 6.45) is 0.193. The number of aromatic carboxylic acids is 1. The lowest BCUT2D eigenvalue weighted by molar-refractivity contribution is -0.120. The maximum Gasteiger partial charge on any atom is 0.335 e. The molecule has 0 unspecified atom stereocenters. The highest BCUT2D eigenvalue weighted by atomic mass is 32.1. The Morgan fingerprint density at radius 1 is 0.931 bits per heavy atom. The van der Waals surface area contributed by atoms with Gasteiger partial charge in [-0.05, 0) is 41.0 Å². The third-order valence-corrected chi connectivity index (χ3v) is 5.55. The molecule has 0 radical (unpaired) electrons. The van der Waals surface area contributed by atoms with E-state index in [4.69, 9.17) is 5.11 Å². The number of nitrogens with one attached hydrogen (secondary N) is 1. The molecule has 2 N–H and O–H groups in total. The van der Waals surface area contributed by atoms with Gasteiger partial charge in [-0.2, -0.15) is 0 Å². The number of hydrogen-bond acceptors (Lipinski definition) is 4. The minimum Gasteiger partial charge on any atom is -0.478 e. The lowest BCUT2D eigenvalue weighted by atomic mass is 10.1. The highest BCUT2D eigenvalue weighted by Crippen LogP contribution is 2.28. The Hall–Kier alpha value is -3.51. The lowest BCUT2D eigenvalue weighted by Crippen LogP contribution is -2.24. The van der Waals surface area contributed by atoms with E-state index in [1.54, 1.807) is 18.2 Å². The van der Waals surface area contributed by atoms with Crippen molar-refractivity contribution in [3.8, 4) is 11.1 Å². The summed E-state index contributed by atoms with van der Waals surface area (Å²) in [5.74, 6) is -1.13. The highest BCUT2D eigenvalue weighted by Gasteiger charge is 2.11. The summed E-state index contributed by atoms with van der Waals surface area (Å²) < 4.78 is 1.04. The Morgan fingerprint density at radius 3 is 2.55 bits per heavy atom. The summed E-state index contributed by atoms with van der Waals surface area (Å²) in [7, 11) is 0. The second-order valence-corrected chi connectivity index (χ2v) is 7.73. The van der Waals surface area contributed by atoms with Crippen molar-refractivity contribution in [1.29, 1.82) is 0 Å². The molecule has 5 nitrogen and oxygen atoms in total. The van der Waals surface area contributed by atoms with Gasteiger partial charge in [0.25, 0.3) is 0 Å². The van der Waals surface area contributed by atoms with E-state index in [0.29, 0.717) is 0 Å². The topological polar surface area (TPSA) is 79.3 Å². The van der Waals surface area contributed by atoms with Crippen molar-refractivity contribution in [3.05, 3.63) is 88.9 Å². The largest absolute Gasteiger partial charge is 0.478 e. The number of aromatic nitrogens is 1. The normalized spacial score (nSPS) is 10.8. The molecule has 0 spiro atoms. The van der Waals surface area contributed by atoms with Gasteiger partial charge in [-0.1, -0.05) is 48.5 Å². The summed E-state index contributed by atoms with van der Waals surface area (Å²) in [6.45, 7) is 0.281. The number of amides is 1. The summed E-state index contributed by atoms with van der Waals surface area (Å²) >= 11 is 1.51. The summed E-state index contributed by atoms with van der Waals surface area (Å²) in [5.41, 5.74) is 4.06. The fourth-order valence-corrected chi connectivity index (χ4v) is 4.02. The molecule has 144 valence electrons. The number of carbonyl (C=O) groups excluding carboxylic acids is 1. The first kappa shape index (κ1) is 18.8. The number of benzene rings is 3. The summed E-state index contributed by atoms with van der Waals surface area (Å²) in [4.78, 5) is 28.0. The quantitative estimate of drug-likeness (QED) is 0.497. The fraction of sp³-hybridized carbons (Fsp3) is 0.0870. The van der Waals surface area contributed by atoms with Crippen LogP contribution in [0.1, 0.15) is 20.9 Å². The Balaban J connectivity index is 1.43. The average molecular weight is 402 g/mol. The zero-order valence-corrected chi connectivity index (χ0v) is 16.3. The molecule has 0 aliphatic carbocycles. The molecule has 0 aliphatic rings. The van der Waals surface area contributed by atoms with Crippen LogP contribution in [0.4, 0.5) is 0 Å². The molecule has 0 atom stereocenters. The van der Waals surface area contributed by atoms with Gasteiger partial charge in [-0.25, -0.2) is 9.78 Å². The Bertz CT molecular complexity index is 1190. The molecule has 0 saturated heterocycles. The van der Waals surface area contributed by atoms with Crippen LogP contribution < -0.4 is 5.32 Å². The second-order valence-electron chi connectivity index (χ2n) is 6.62. The smallest absolute Gasteiger partial charge is 0.335 e. The zero-order valence-electron chi connectivity index (χ0n) is 15.5. The van der Waals surface area contributed by atoms with Crippen LogP contribution in [0.5, 0.6) is 0 Å². The van der Waals surface area contributed by atoms with Crippen molar-refractivity contribution in [2.45, 2.75) is 13.0 Å². The van der Waals surface area contributed by atoms with Crippen LogP contribution in [-0.2, 0) is 17.8 Å². The van der Waals surface area contributed by atoms with Crippen LogP contribution in [-0.4, -0.2) is 22.0 Å². The monoisotopic (exact) mass is 402 g/mol. The Labute approximate surface area is 171 Å². The molecule has 0 saturated carbocycles. The van der Waals surface area contributed by atoms with Gasteiger partial charge in [0.1, 0.15) is 5.01 Å². The number of carboxylic acids is 1. The number of nitrogens with zero attached hydrogens (tertiary/aromatic N) is 1. The first-order valence-electron chi connectivity index (χ1n) is 9.12. The fourth-order valence-electron chi connectivity index (χ4n) is 3.08. The molecule has 3 aromatic carbocycles. The maximum atomic E-state index is 12.3. The minimum atomic E-state index is -0.984. The van der Waals surface area contributed by atoms with Crippen LogP contribution in [0.15, 0.2) is 72.8 Å². The Kier molecular flexibility index (Phi) is 5.35.